The molecule has 1 amide bonds. The molecule has 1 N–H and O–H groups in total. The molecule has 12 heteroatoms. The van der Waals surface area contributed by atoms with E-state index in [1.807, 2.05) is 0 Å². The molecule has 0 radical (unpaired) electrons. The SMILES string of the molecule is O=C(C=Cc1ccc(Cl)c(C(F)(F)F)c1)Nc1ccc(F)c(S(=O)(=O)N2CCOCC2)c1. The molecule has 0 unspecified atom stereocenters. The van der Waals surface area contributed by atoms with Crippen molar-refractivity contribution in [2.45, 2.75) is 11.1 Å². The van der Waals surface area contributed by atoms with Crippen LogP contribution in [-0.2, 0) is 25.7 Å². The van der Waals surface area contributed by atoms with E-state index < -0.39 is 43.4 Å². The van der Waals surface area contributed by atoms with Crippen LogP contribution in [0, 0.1) is 5.82 Å². The van der Waals surface area contributed by atoms with Gasteiger partial charge < -0.3 is 10.1 Å². The predicted octanol–water partition coefficient (Wildman–Crippen LogP) is 4.17. The highest BCUT2D eigenvalue weighted by Crippen LogP contribution is 2.35. The number of rotatable bonds is 5. The summed E-state index contributed by atoms with van der Waals surface area (Å²) in [6, 6.07) is 6.20. The van der Waals surface area contributed by atoms with Gasteiger partial charge in [-0.1, -0.05) is 17.7 Å². The maximum absolute atomic E-state index is 14.2. The number of morpholine rings is 1. The minimum Gasteiger partial charge on any atom is -0.379 e. The van der Waals surface area contributed by atoms with Gasteiger partial charge in [0.1, 0.15) is 10.7 Å². The molecule has 0 spiro atoms. The summed E-state index contributed by atoms with van der Waals surface area (Å²) in [4.78, 5) is 11.6. The first kappa shape index (κ1) is 24.2. The van der Waals surface area contributed by atoms with Crippen LogP contribution in [0.2, 0.25) is 5.02 Å². The van der Waals surface area contributed by atoms with Crippen LogP contribution < -0.4 is 5.32 Å². The highest BCUT2D eigenvalue weighted by Gasteiger charge is 2.33. The van der Waals surface area contributed by atoms with Gasteiger partial charge >= 0.3 is 6.18 Å². The molecule has 0 aromatic heterocycles. The zero-order valence-electron chi connectivity index (χ0n) is 16.3. The van der Waals surface area contributed by atoms with Crippen molar-refractivity contribution >= 4 is 39.3 Å². The molecule has 1 fully saturated rings. The van der Waals surface area contributed by atoms with Crippen molar-refractivity contribution in [2.24, 2.45) is 0 Å². The highest BCUT2D eigenvalue weighted by atomic mass is 35.5. The molecule has 0 aliphatic carbocycles. The van der Waals surface area contributed by atoms with Gasteiger partial charge in [0.25, 0.3) is 0 Å². The third kappa shape index (κ3) is 5.66. The van der Waals surface area contributed by atoms with Crippen molar-refractivity contribution in [1.29, 1.82) is 0 Å². The molecular formula is C20H17ClF4N2O4S. The third-order valence-corrected chi connectivity index (χ3v) is 6.75. The van der Waals surface area contributed by atoms with Crippen LogP contribution >= 0.6 is 11.6 Å². The van der Waals surface area contributed by atoms with Crippen LogP contribution in [0.1, 0.15) is 11.1 Å². The molecule has 32 heavy (non-hydrogen) atoms. The van der Waals surface area contributed by atoms with E-state index in [1.54, 1.807) is 0 Å². The van der Waals surface area contributed by atoms with Crippen molar-refractivity contribution < 1.29 is 35.5 Å². The average Bonchev–Trinajstić information content (AvgIpc) is 2.74. The fraction of sp³-hybridized carbons (Fsp3) is 0.250. The Morgan fingerprint density at radius 3 is 2.47 bits per heavy atom. The van der Waals surface area contributed by atoms with E-state index in [4.69, 9.17) is 16.3 Å². The Morgan fingerprint density at radius 2 is 1.81 bits per heavy atom. The number of nitrogens with one attached hydrogen (secondary N) is 1. The van der Waals surface area contributed by atoms with Crippen molar-refractivity contribution in [1.82, 2.24) is 4.31 Å². The van der Waals surface area contributed by atoms with Gasteiger partial charge in [0.15, 0.2) is 0 Å². The van der Waals surface area contributed by atoms with Crippen LogP contribution in [0.3, 0.4) is 0 Å². The van der Waals surface area contributed by atoms with Crippen LogP contribution in [0.4, 0.5) is 23.2 Å². The van der Waals surface area contributed by atoms with E-state index in [0.29, 0.717) is 0 Å². The van der Waals surface area contributed by atoms with Gasteiger partial charge in [-0.05, 0) is 42.0 Å². The van der Waals surface area contributed by atoms with Gasteiger partial charge in [0, 0.05) is 24.9 Å². The lowest BCUT2D eigenvalue weighted by Crippen LogP contribution is -2.40. The number of anilines is 1. The number of hydrogen-bond acceptors (Lipinski definition) is 4. The Bertz CT molecular complexity index is 1150. The first-order valence-corrected chi connectivity index (χ1v) is 11.0. The van der Waals surface area contributed by atoms with Gasteiger partial charge in [-0.25, -0.2) is 12.8 Å². The highest BCUT2D eigenvalue weighted by molar-refractivity contribution is 7.89. The van der Waals surface area contributed by atoms with Crippen molar-refractivity contribution in [3.05, 3.63) is 64.4 Å². The Morgan fingerprint density at radius 1 is 1.12 bits per heavy atom. The lowest BCUT2D eigenvalue weighted by atomic mass is 10.1. The van der Waals surface area contributed by atoms with E-state index in [9.17, 15) is 30.8 Å². The maximum atomic E-state index is 14.2. The maximum Gasteiger partial charge on any atom is 0.417 e. The molecule has 2 aromatic rings. The monoisotopic (exact) mass is 492 g/mol. The van der Waals surface area contributed by atoms with Gasteiger partial charge in [-0.2, -0.15) is 17.5 Å². The lowest BCUT2D eigenvalue weighted by molar-refractivity contribution is -0.137. The molecule has 1 aliphatic rings. The largest absolute Gasteiger partial charge is 0.417 e. The number of amides is 1. The smallest absolute Gasteiger partial charge is 0.379 e. The fourth-order valence-electron chi connectivity index (χ4n) is 2.92. The topological polar surface area (TPSA) is 75.7 Å². The Hall–Kier alpha value is -2.47. The summed E-state index contributed by atoms with van der Waals surface area (Å²) in [7, 11) is -4.14. The number of carbonyl (C=O) groups excluding carboxylic acids is 1. The number of nitrogens with zero attached hydrogens (tertiary/aromatic N) is 1. The molecule has 2 aromatic carbocycles. The van der Waals surface area contributed by atoms with Gasteiger partial charge in [-0.15, -0.1) is 0 Å². The van der Waals surface area contributed by atoms with Crippen molar-refractivity contribution in [3.63, 3.8) is 0 Å². The van der Waals surface area contributed by atoms with Crippen molar-refractivity contribution in [2.75, 3.05) is 31.6 Å². The second kappa shape index (κ2) is 9.57. The van der Waals surface area contributed by atoms with Gasteiger partial charge in [-0.3, -0.25) is 4.79 Å². The number of sulfonamides is 1. The van der Waals surface area contributed by atoms with Crippen molar-refractivity contribution in [3.8, 4) is 0 Å². The molecule has 172 valence electrons. The van der Waals surface area contributed by atoms with Crippen LogP contribution in [0.15, 0.2) is 47.4 Å². The normalized spacial score (nSPS) is 15.8. The molecule has 3 rings (SSSR count). The van der Waals surface area contributed by atoms with E-state index in [0.717, 1.165) is 40.7 Å². The molecule has 1 saturated heterocycles. The predicted molar refractivity (Wildman–Crippen MR) is 110 cm³/mol. The summed E-state index contributed by atoms with van der Waals surface area (Å²) in [6.07, 6.45) is -2.56. The second-order valence-electron chi connectivity index (χ2n) is 6.72. The van der Waals surface area contributed by atoms with Gasteiger partial charge in [0.05, 0.1) is 23.8 Å². The second-order valence-corrected chi connectivity index (χ2v) is 9.03. The minimum atomic E-state index is -4.65. The molecule has 1 aliphatic heterocycles. The Kier molecular flexibility index (Phi) is 7.23. The van der Waals surface area contributed by atoms with Gasteiger partial charge in [0.2, 0.25) is 15.9 Å². The Balaban J connectivity index is 1.77. The van der Waals surface area contributed by atoms with Crippen LogP contribution in [-0.4, -0.2) is 44.9 Å². The molecule has 0 atom stereocenters. The zero-order chi connectivity index (χ0) is 23.5. The Labute approximate surface area is 186 Å². The van der Waals surface area contributed by atoms with Crippen LogP contribution in [0.5, 0.6) is 0 Å². The zero-order valence-corrected chi connectivity index (χ0v) is 17.9. The summed E-state index contributed by atoms with van der Waals surface area (Å²) < 4.78 is 84.6. The molecule has 0 bridgehead atoms. The third-order valence-electron chi connectivity index (χ3n) is 4.51. The fourth-order valence-corrected chi connectivity index (χ4v) is 4.65. The van der Waals surface area contributed by atoms with E-state index in [-0.39, 0.29) is 37.6 Å². The first-order chi connectivity index (χ1) is 15.0. The van der Waals surface area contributed by atoms with Crippen LogP contribution in [0.25, 0.3) is 6.08 Å². The molecular weight excluding hydrogens is 476 g/mol. The molecule has 0 saturated carbocycles. The summed E-state index contributed by atoms with van der Waals surface area (Å²) in [6.45, 7) is 0.510. The van der Waals surface area contributed by atoms with E-state index in [2.05, 4.69) is 5.32 Å². The van der Waals surface area contributed by atoms with E-state index in [1.165, 1.54) is 12.1 Å². The summed E-state index contributed by atoms with van der Waals surface area (Å²) in [5.74, 6) is -1.74. The standard InChI is InChI=1S/C20H17ClF4N2O4S/c21-16-4-1-13(11-15(16)20(23,24)25)2-6-19(28)26-14-3-5-17(22)18(12-14)32(29,30)27-7-9-31-10-8-27/h1-6,11-12H,7-10H2,(H,26,28). The number of alkyl halides is 3. The quantitative estimate of drug-likeness (QED) is 0.502. The summed E-state index contributed by atoms with van der Waals surface area (Å²) in [5.41, 5.74) is -0.968. The molecule has 6 nitrogen and oxygen atoms in total. The number of halogens is 5. The van der Waals surface area contributed by atoms with E-state index >= 15 is 0 Å². The number of ether oxygens (including phenoxy) is 1. The summed E-state index contributed by atoms with van der Waals surface area (Å²) >= 11 is 5.56. The number of carbonyl (C=O) groups is 1. The lowest BCUT2D eigenvalue weighted by Gasteiger charge is -2.26. The minimum absolute atomic E-state index is 0.0000267. The average molecular weight is 493 g/mol. The summed E-state index contributed by atoms with van der Waals surface area (Å²) in [5, 5.41) is 1.89. The first-order valence-electron chi connectivity index (χ1n) is 9.22. The molecule has 1 heterocycles. The number of benzene rings is 2. The number of hydrogen-bond donors (Lipinski definition) is 1.